The molecular formula is C12H24O11. The molecule has 0 aromatic heterocycles. The van der Waals surface area contributed by atoms with Crippen molar-refractivity contribution in [1.29, 1.82) is 0 Å². The van der Waals surface area contributed by atoms with Crippen molar-refractivity contribution in [3.63, 3.8) is 0 Å². The molecule has 0 amide bonds. The Morgan fingerprint density at radius 2 is 1.39 bits per heavy atom. The van der Waals surface area contributed by atoms with Crippen LogP contribution in [0.25, 0.3) is 0 Å². The molecule has 1 fully saturated rings. The Labute approximate surface area is 131 Å². The normalized spacial score (nSPS) is 37.2. The fourth-order valence-electron chi connectivity index (χ4n) is 2.06. The van der Waals surface area contributed by atoms with E-state index in [0.717, 1.165) is 0 Å². The zero-order valence-corrected chi connectivity index (χ0v) is 12.2. The first-order valence-corrected chi connectivity index (χ1v) is 6.99. The molecule has 11 nitrogen and oxygen atoms in total. The first-order valence-electron chi connectivity index (χ1n) is 6.99. The topological polar surface area (TPSA) is 201 Å². The van der Waals surface area contributed by atoms with Crippen LogP contribution in [0.3, 0.4) is 0 Å². The lowest BCUT2D eigenvalue weighted by Gasteiger charge is -2.40. The van der Waals surface area contributed by atoms with E-state index in [1.165, 1.54) is 0 Å². The van der Waals surface area contributed by atoms with Crippen molar-refractivity contribution in [2.75, 3.05) is 19.8 Å². The highest BCUT2D eigenvalue weighted by Gasteiger charge is 2.44. The average Bonchev–Trinajstić information content (AvgIpc) is 2.56. The molecule has 0 aromatic rings. The SMILES string of the molecule is OC[C@@H](O)[C@@H](O)[C@H](O)[C@H](O)CO[C@H]1O[C@@H](CO)[C@H](O)[C@@H](O)[C@@H]1O. The first kappa shape index (κ1) is 20.6. The molecule has 0 bridgehead atoms. The Hall–Kier alpha value is -0.440. The third-order valence-corrected chi connectivity index (χ3v) is 3.61. The average molecular weight is 344 g/mol. The minimum Gasteiger partial charge on any atom is -0.394 e. The molecule has 0 aromatic carbocycles. The van der Waals surface area contributed by atoms with Gasteiger partial charge in [-0.1, -0.05) is 0 Å². The highest BCUT2D eigenvalue weighted by atomic mass is 16.7. The van der Waals surface area contributed by atoms with Gasteiger partial charge in [0.15, 0.2) is 6.29 Å². The summed E-state index contributed by atoms with van der Waals surface area (Å²) in [5.41, 5.74) is 0. The summed E-state index contributed by atoms with van der Waals surface area (Å²) in [5, 5.41) is 84.4. The van der Waals surface area contributed by atoms with Crippen molar-refractivity contribution in [2.45, 2.75) is 55.1 Å². The number of hydrogen-bond acceptors (Lipinski definition) is 11. The van der Waals surface area contributed by atoms with Crippen molar-refractivity contribution in [1.82, 2.24) is 0 Å². The standard InChI is InChI=1S/C12H24O11/c13-1-4(15)7(17)8(18)5(16)3-22-12-11(21)10(20)9(19)6(2-14)23-12/h4-21H,1-3H2/t4-,5-,6+,7-,8-,9+,10-,11+,12+/m1/s1. The third-order valence-electron chi connectivity index (χ3n) is 3.61. The summed E-state index contributed by atoms with van der Waals surface area (Å²) >= 11 is 0. The second-order valence-electron chi connectivity index (χ2n) is 5.33. The van der Waals surface area contributed by atoms with Crippen LogP contribution in [0.1, 0.15) is 0 Å². The van der Waals surface area contributed by atoms with Gasteiger partial charge in [-0.25, -0.2) is 0 Å². The van der Waals surface area contributed by atoms with Crippen molar-refractivity contribution < 1.29 is 55.4 Å². The predicted molar refractivity (Wildman–Crippen MR) is 70.8 cm³/mol. The summed E-state index contributed by atoms with van der Waals surface area (Å²) in [6.45, 7) is -2.16. The lowest BCUT2D eigenvalue weighted by atomic mass is 9.99. The van der Waals surface area contributed by atoms with Crippen LogP contribution < -0.4 is 0 Å². The quantitative estimate of drug-likeness (QED) is 0.203. The van der Waals surface area contributed by atoms with Crippen molar-refractivity contribution in [3.8, 4) is 0 Å². The molecule has 0 unspecified atom stereocenters. The van der Waals surface area contributed by atoms with Crippen LogP contribution in [-0.4, -0.2) is 121 Å². The maximum Gasteiger partial charge on any atom is 0.186 e. The van der Waals surface area contributed by atoms with Gasteiger partial charge in [-0.3, -0.25) is 0 Å². The van der Waals surface area contributed by atoms with Crippen LogP contribution in [0.4, 0.5) is 0 Å². The number of ether oxygens (including phenoxy) is 2. The van der Waals surface area contributed by atoms with Crippen molar-refractivity contribution in [2.24, 2.45) is 0 Å². The van der Waals surface area contributed by atoms with Gasteiger partial charge in [-0.2, -0.15) is 0 Å². The maximum atomic E-state index is 9.70. The van der Waals surface area contributed by atoms with E-state index in [1.807, 2.05) is 0 Å². The zero-order valence-electron chi connectivity index (χ0n) is 12.2. The molecule has 9 atom stereocenters. The van der Waals surface area contributed by atoms with Crippen LogP contribution in [0.2, 0.25) is 0 Å². The molecule has 0 saturated carbocycles. The zero-order chi connectivity index (χ0) is 17.7. The Balaban J connectivity index is 2.55. The predicted octanol–water partition coefficient (Wildman–Crippen LogP) is -5.76. The number of rotatable bonds is 8. The van der Waals surface area contributed by atoms with Gasteiger partial charge in [-0.15, -0.1) is 0 Å². The molecule has 9 N–H and O–H groups in total. The van der Waals surface area contributed by atoms with Gasteiger partial charge in [0.2, 0.25) is 0 Å². The Morgan fingerprint density at radius 1 is 0.826 bits per heavy atom. The molecular weight excluding hydrogens is 320 g/mol. The molecule has 138 valence electrons. The van der Waals surface area contributed by atoms with Gasteiger partial charge in [0.05, 0.1) is 19.8 Å². The maximum absolute atomic E-state index is 9.70. The summed E-state index contributed by atoms with van der Waals surface area (Å²) in [7, 11) is 0. The Bertz CT molecular complexity index is 341. The van der Waals surface area contributed by atoms with E-state index in [4.69, 9.17) is 19.7 Å². The minimum absolute atomic E-state index is 0.655. The highest BCUT2D eigenvalue weighted by molar-refractivity contribution is 4.89. The number of aliphatic hydroxyl groups is 9. The van der Waals surface area contributed by atoms with Crippen molar-refractivity contribution >= 4 is 0 Å². The smallest absolute Gasteiger partial charge is 0.186 e. The molecule has 0 radical (unpaired) electrons. The second kappa shape index (κ2) is 9.15. The Kier molecular flexibility index (Phi) is 8.20. The molecule has 0 spiro atoms. The molecule has 0 aliphatic carbocycles. The highest BCUT2D eigenvalue weighted by Crippen LogP contribution is 2.22. The van der Waals surface area contributed by atoms with E-state index < -0.39 is 74.9 Å². The van der Waals surface area contributed by atoms with Crippen LogP contribution in [-0.2, 0) is 9.47 Å². The third kappa shape index (κ3) is 5.01. The van der Waals surface area contributed by atoms with Crippen molar-refractivity contribution in [3.05, 3.63) is 0 Å². The van der Waals surface area contributed by atoms with Gasteiger partial charge in [0.1, 0.15) is 48.8 Å². The fourth-order valence-corrected chi connectivity index (χ4v) is 2.06. The van der Waals surface area contributed by atoms with Crippen LogP contribution in [0.5, 0.6) is 0 Å². The number of hydrogen-bond donors (Lipinski definition) is 9. The molecule has 23 heavy (non-hydrogen) atoms. The van der Waals surface area contributed by atoms with Gasteiger partial charge < -0.3 is 55.4 Å². The molecule has 1 heterocycles. The van der Waals surface area contributed by atoms with Gasteiger partial charge >= 0.3 is 0 Å². The lowest BCUT2D eigenvalue weighted by Crippen LogP contribution is -2.59. The van der Waals surface area contributed by atoms with E-state index in [1.54, 1.807) is 0 Å². The van der Waals surface area contributed by atoms with E-state index >= 15 is 0 Å². The first-order chi connectivity index (χ1) is 10.7. The van der Waals surface area contributed by atoms with Crippen LogP contribution in [0, 0.1) is 0 Å². The minimum atomic E-state index is -1.86. The Morgan fingerprint density at radius 3 is 1.91 bits per heavy atom. The molecule has 1 aliphatic heterocycles. The van der Waals surface area contributed by atoms with Crippen LogP contribution >= 0.6 is 0 Å². The van der Waals surface area contributed by atoms with Gasteiger partial charge in [-0.05, 0) is 0 Å². The molecule has 11 heteroatoms. The number of aliphatic hydroxyl groups excluding tert-OH is 9. The van der Waals surface area contributed by atoms with Crippen LogP contribution in [0.15, 0.2) is 0 Å². The van der Waals surface area contributed by atoms with E-state index in [-0.39, 0.29) is 0 Å². The summed E-state index contributed by atoms with van der Waals surface area (Å²) in [6.07, 6.45) is -14.7. The fraction of sp³-hybridized carbons (Fsp3) is 1.00. The van der Waals surface area contributed by atoms with Gasteiger partial charge in [0, 0.05) is 0 Å². The second-order valence-corrected chi connectivity index (χ2v) is 5.33. The summed E-state index contributed by atoms with van der Waals surface area (Å²) in [5.74, 6) is 0. The van der Waals surface area contributed by atoms with E-state index in [2.05, 4.69) is 0 Å². The molecule has 1 aliphatic rings. The van der Waals surface area contributed by atoms with E-state index in [9.17, 15) is 35.7 Å². The molecule has 1 rings (SSSR count). The lowest BCUT2D eigenvalue weighted by molar-refractivity contribution is -0.306. The molecule has 1 saturated heterocycles. The summed E-state index contributed by atoms with van der Waals surface area (Å²) < 4.78 is 9.99. The largest absolute Gasteiger partial charge is 0.394 e. The summed E-state index contributed by atoms with van der Waals surface area (Å²) in [4.78, 5) is 0. The monoisotopic (exact) mass is 344 g/mol. The van der Waals surface area contributed by atoms with E-state index in [0.29, 0.717) is 0 Å². The van der Waals surface area contributed by atoms with Gasteiger partial charge in [0.25, 0.3) is 0 Å². The summed E-state index contributed by atoms with van der Waals surface area (Å²) in [6, 6.07) is 0.